The van der Waals surface area contributed by atoms with Crippen LogP contribution in [-0.4, -0.2) is 42.9 Å². The quantitative estimate of drug-likeness (QED) is 0.372. The lowest BCUT2D eigenvalue weighted by atomic mass is 9.98. The average molecular weight is 484 g/mol. The zero-order valence-electron chi connectivity index (χ0n) is 18.6. The number of carbonyl (C=O) groups is 1. The highest BCUT2D eigenvalue weighted by molar-refractivity contribution is 5.98. The molecule has 0 amide bonds. The number of piperidine rings is 1. The fourth-order valence-corrected chi connectivity index (χ4v) is 4.82. The summed E-state index contributed by atoms with van der Waals surface area (Å²) in [6.07, 6.45) is -5.36. The van der Waals surface area contributed by atoms with Crippen LogP contribution < -0.4 is 4.90 Å². The van der Waals surface area contributed by atoms with Crippen molar-refractivity contribution in [3.05, 3.63) is 64.7 Å². The largest absolute Gasteiger partial charge is 0.416 e. The lowest BCUT2D eigenvalue weighted by molar-refractivity contribution is -0.138. The molecule has 0 spiro atoms. The number of anilines is 1. The lowest BCUT2D eigenvalue weighted by Crippen LogP contribution is -2.40. The van der Waals surface area contributed by atoms with Crippen molar-refractivity contribution in [1.29, 1.82) is 0 Å². The number of hydrogen-bond donors (Lipinski definition) is 0. The summed E-state index contributed by atoms with van der Waals surface area (Å²) in [5.74, 6) is -0.654. The highest BCUT2D eigenvalue weighted by Gasteiger charge is 2.35. The number of benzene rings is 2. The zero-order chi connectivity index (χ0) is 24.5. The van der Waals surface area contributed by atoms with E-state index in [0.29, 0.717) is 18.8 Å². The molecule has 0 aromatic heterocycles. The number of likely N-dealkylation sites (tertiary alicyclic amines) is 1. The molecule has 0 saturated carbocycles. The van der Waals surface area contributed by atoms with Crippen molar-refractivity contribution in [2.75, 3.05) is 31.1 Å². The Morgan fingerprint density at radius 2 is 1.56 bits per heavy atom. The Morgan fingerprint density at radius 3 is 2.24 bits per heavy atom. The molecule has 184 valence electrons. The maximum Gasteiger partial charge on any atom is 0.416 e. The zero-order valence-corrected chi connectivity index (χ0v) is 18.6. The van der Waals surface area contributed by atoms with Crippen LogP contribution >= 0.6 is 0 Å². The average Bonchev–Trinajstić information content (AvgIpc) is 3.29. The van der Waals surface area contributed by atoms with Gasteiger partial charge in [0.1, 0.15) is 0 Å². The third kappa shape index (κ3) is 5.74. The Kier molecular flexibility index (Phi) is 6.94. The molecule has 9 heteroatoms. The second-order valence-electron chi connectivity index (χ2n) is 9.05. The van der Waals surface area contributed by atoms with Crippen LogP contribution in [0.25, 0.3) is 0 Å². The van der Waals surface area contributed by atoms with Crippen LogP contribution in [0.4, 0.5) is 32.0 Å². The van der Waals surface area contributed by atoms with E-state index in [1.54, 1.807) is 0 Å². The lowest BCUT2D eigenvalue weighted by Gasteiger charge is -2.32. The molecule has 0 N–H and O–H groups in total. The maximum atomic E-state index is 13.6. The highest BCUT2D eigenvalue weighted by Crippen LogP contribution is 2.35. The predicted octanol–water partition coefficient (Wildman–Crippen LogP) is 6.21. The maximum absolute atomic E-state index is 13.6. The van der Waals surface area contributed by atoms with Gasteiger partial charge in [0.15, 0.2) is 5.78 Å². The van der Waals surface area contributed by atoms with Crippen LogP contribution in [0, 0.1) is 0 Å². The van der Waals surface area contributed by atoms with Gasteiger partial charge in [0.05, 0.1) is 11.1 Å². The smallest absolute Gasteiger partial charge is 0.370 e. The molecule has 0 aliphatic carbocycles. The molecule has 34 heavy (non-hydrogen) atoms. The van der Waals surface area contributed by atoms with E-state index in [0.717, 1.165) is 56.6 Å². The van der Waals surface area contributed by atoms with E-state index < -0.39 is 35.7 Å². The molecule has 2 aromatic rings. The van der Waals surface area contributed by atoms with E-state index in [1.165, 1.54) is 24.6 Å². The van der Waals surface area contributed by atoms with E-state index in [-0.39, 0.29) is 17.2 Å². The summed E-state index contributed by atoms with van der Waals surface area (Å²) in [7, 11) is 0. The summed E-state index contributed by atoms with van der Waals surface area (Å²) in [4.78, 5) is 17.1. The fraction of sp³-hybridized carbons (Fsp3) is 0.480. The Bertz CT molecular complexity index is 1030. The van der Waals surface area contributed by atoms with Crippen molar-refractivity contribution in [3.63, 3.8) is 0 Å². The van der Waals surface area contributed by atoms with E-state index in [9.17, 15) is 31.1 Å². The van der Waals surface area contributed by atoms with Crippen molar-refractivity contribution in [1.82, 2.24) is 4.90 Å². The minimum atomic E-state index is -4.65. The molecule has 2 saturated heterocycles. The molecule has 3 nitrogen and oxygen atoms in total. The normalized spacial score (nSPS) is 20.1. The van der Waals surface area contributed by atoms with Crippen LogP contribution in [0.5, 0.6) is 0 Å². The molecule has 2 fully saturated rings. The van der Waals surface area contributed by atoms with Crippen LogP contribution in [0.3, 0.4) is 0 Å². The third-order valence-corrected chi connectivity index (χ3v) is 6.62. The number of halogens is 6. The van der Waals surface area contributed by atoms with E-state index in [2.05, 4.69) is 4.90 Å². The second-order valence-corrected chi connectivity index (χ2v) is 9.05. The first-order chi connectivity index (χ1) is 16.0. The number of ketones is 1. The van der Waals surface area contributed by atoms with Gasteiger partial charge in [0.2, 0.25) is 0 Å². The molecule has 1 atom stereocenters. The van der Waals surface area contributed by atoms with Gasteiger partial charge in [-0.25, -0.2) is 0 Å². The Labute approximate surface area is 194 Å². The Balaban J connectivity index is 1.57. The van der Waals surface area contributed by atoms with Gasteiger partial charge in [0.25, 0.3) is 0 Å². The number of nitrogens with zero attached hydrogens (tertiary/aromatic N) is 2. The van der Waals surface area contributed by atoms with Crippen molar-refractivity contribution >= 4 is 11.5 Å². The molecule has 2 aliphatic rings. The van der Waals surface area contributed by atoms with Gasteiger partial charge in [-0.15, -0.1) is 0 Å². The monoisotopic (exact) mass is 484 g/mol. The standard InChI is InChI=1S/C25H26F6N2O/c26-24(27,28)19-6-4-5-17(11-19)12-23(34)18-13-20(25(29,30)31)15-22(14-18)33-10-7-21(16-33)32-8-2-1-3-9-32/h4-6,11,13-15,21H,1-3,7-10,12,16H2. The van der Waals surface area contributed by atoms with Crippen molar-refractivity contribution in [2.45, 2.75) is 50.5 Å². The van der Waals surface area contributed by atoms with Crippen LogP contribution in [0.2, 0.25) is 0 Å². The Hall–Kier alpha value is -2.55. The number of Topliss-reactive ketones (excluding diaryl/α,β-unsaturated/α-hetero) is 1. The van der Waals surface area contributed by atoms with Crippen molar-refractivity contribution in [2.24, 2.45) is 0 Å². The van der Waals surface area contributed by atoms with Gasteiger partial charge in [-0.05, 0) is 62.2 Å². The summed E-state index contributed by atoms with van der Waals surface area (Å²) in [6.45, 7) is 3.15. The molecule has 2 aromatic carbocycles. The highest BCUT2D eigenvalue weighted by atomic mass is 19.4. The summed E-state index contributed by atoms with van der Waals surface area (Å²) in [5, 5.41) is 0. The van der Waals surface area contributed by atoms with Gasteiger partial charge in [-0.3, -0.25) is 9.69 Å². The molecule has 4 rings (SSSR count). The molecule has 2 aliphatic heterocycles. The van der Waals surface area contributed by atoms with Crippen LogP contribution in [0.15, 0.2) is 42.5 Å². The third-order valence-electron chi connectivity index (χ3n) is 6.62. The van der Waals surface area contributed by atoms with Gasteiger partial charge < -0.3 is 4.90 Å². The van der Waals surface area contributed by atoms with Gasteiger partial charge in [0, 0.05) is 36.8 Å². The number of rotatable bonds is 5. The minimum Gasteiger partial charge on any atom is -0.370 e. The summed E-state index contributed by atoms with van der Waals surface area (Å²) in [6, 6.07) is 7.85. The number of alkyl halides is 6. The fourth-order valence-electron chi connectivity index (χ4n) is 4.82. The van der Waals surface area contributed by atoms with Gasteiger partial charge in [-0.2, -0.15) is 26.3 Å². The molecule has 0 bridgehead atoms. The number of carbonyl (C=O) groups excluding carboxylic acids is 1. The topological polar surface area (TPSA) is 23.6 Å². The molecular weight excluding hydrogens is 458 g/mol. The SMILES string of the molecule is O=C(Cc1cccc(C(F)(F)F)c1)c1cc(N2CCC(N3CCCCC3)C2)cc(C(F)(F)F)c1. The summed E-state index contributed by atoms with van der Waals surface area (Å²) >= 11 is 0. The molecule has 0 radical (unpaired) electrons. The van der Waals surface area contributed by atoms with Gasteiger partial charge >= 0.3 is 12.4 Å². The minimum absolute atomic E-state index is 0.102. The van der Waals surface area contributed by atoms with Crippen molar-refractivity contribution in [3.8, 4) is 0 Å². The summed E-state index contributed by atoms with van der Waals surface area (Å²) in [5.41, 5.74) is -1.56. The Morgan fingerprint density at radius 1 is 0.853 bits per heavy atom. The van der Waals surface area contributed by atoms with E-state index in [4.69, 9.17) is 0 Å². The predicted molar refractivity (Wildman–Crippen MR) is 117 cm³/mol. The molecular formula is C25H26F6N2O. The van der Waals surface area contributed by atoms with Crippen molar-refractivity contribution < 1.29 is 31.1 Å². The van der Waals surface area contributed by atoms with E-state index >= 15 is 0 Å². The second kappa shape index (κ2) is 9.60. The van der Waals surface area contributed by atoms with Crippen LogP contribution in [0.1, 0.15) is 52.7 Å². The van der Waals surface area contributed by atoms with Gasteiger partial charge in [-0.1, -0.05) is 24.6 Å². The molecule has 1 unspecified atom stereocenters. The first-order valence-corrected chi connectivity index (χ1v) is 11.4. The molecule has 2 heterocycles. The first kappa shape index (κ1) is 24.6. The number of hydrogen-bond acceptors (Lipinski definition) is 3. The summed E-state index contributed by atoms with van der Waals surface area (Å²) < 4.78 is 79.8. The van der Waals surface area contributed by atoms with E-state index in [1.807, 2.05) is 4.90 Å². The first-order valence-electron chi connectivity index (χ1n) is 11.4. The van der Waals surface area contributed by atoms with Crippen LogP contribution in [-0.2, 0) is 18.8 Å².